The molecule has 15 heavy (non-hydrogen) atoms. The molecule has 3 heteroatoms. The molecule has 0 aromatic rings. The quantitative estimate of drug-likeness (QED) is 0.663. The van der Waals surface area contributed by atoms with Crippen LogP contribution in [-0.2, 0) is 4.79 Å². The van der Waals surface area contributed by atoms with Crippen LogP contribution in [0.4, 0.5) is 0 Å². The third-order valence-corrected chi connectivity index (χ3v) is 3.47. The summed E-state index contributed by atoms with van der Waals surface area (Å²) in [6.07, 6.45) is 7.28. The van der Waals surface area contributed by atoms with Crippen LogP contribution in [0.5, 0.6) is 0 Å². The lowest BCUT2D eigenvalue weighted by atomic mass is 9.75. The summed E-state index contributed by atoms with van der Waals surface area (Å²) in [5, 5.41) is 12.3. The van der Waals surface area contributed by atoms with Crippen LogP contribution in [0.1, 0.15) is 46.0 Å². The van der Waals surface area contributed by atoms with Gasteiger partial charge in [-0.25, -0.2) is 4.79 Å². The Morgan fingerprint density at radius 3 is 2.47 bits per heavy atom. The molecule has 0 spiro atoms. The van der Waals surface area contributed by atoms with E-state index >= 15 is 0 Å². The highest BCUT2D eigenvalue weighted by Gasteiger charge is 2.33. The molecule has 0 radical (unpaired) electrons. The van der Waals surface area contributed by atoms with Crippen molar-refractivity contribution in [1.82, 2.24) is 5.32 Å². The van der Waals surface area contributed by atoms with E-state index in [4.69, 9.17) is 5.11 Å². The predicted octanol–water partition coefficient (Wildman–Crippen LogP) is 2.33. The van der Waals surface area contributed by atoms with Gasteiger partial charge in [-0.05, 0) is 32.1 Å². The zero-order chi connectivity index (χ0) is 11.3. The average Bonchev–Trinajstić information content (AvgIpc) is 2.15. The lowest BCUT2D eigenvalue weighted by Crippen LogP contribution is -2.50. The van der Waals surface area contributed by atoms with Gasteiger partial charge in [-0.15, -0.1) is 0 Å². The highest BCUT2D eigenvalue weighted by molar-refractivity contribution is 5.86. The van der Waals surface area contributed by atoms with Gasteiger partial charge in [0, 0.05) is 17.7 Å². The molecular formula is C12H21NO2. The van der Waals surface area contributed by atoms with Crippen molar-refractivity contribution in [2.24, 2.45) is 0 Å². The molecule has 0 bridgehead atoms. The molecule has 0 atom stereocenters. The normalized spacial score (nSPS) is 19.7. The second-order valence-corrected chi connectivity index (χ2v) is 4.26. The molecule has 0 amide bonds. The standard InChI is InChI=1S/C12H21NO2/c1-3-10(11(14)15)6-9-13-12(4-2)7-5-8-12/h6,13H,3-5,7-9H2,1-2H3,(H,14,15). The van der Waals surface area contributed by atoms with Gasteiger partial charge in [-0.1, -0.05) is 19.9 Å². The molecule has 86 valence electrons. The van der Waals surface area contributed by atoms with Crippen LogP contribution in [0.3, 0.4) is 0 Å². The monoisotopic (exact) mass is 211 g/mol. The third kappa shape index (κ3) is 3.06. The van der Waals surface area contributed by atoms with Gasteiger partial charge in [0.25, 0.3) is 0 Å². The average molecular weight is 211 g/mol. The smallest absolute Gasteiger partial charge is 0.331 e. The molecule has 0 aromatic carbocycles. The summed E-state index contributed by atoms with van der Waals surface area (Å²) in [5.41, 5.74) is 0.807. The lowest BCUT2D eigenvalue weighted by molar-refractivity contribution is -0.132. The maximum absolute atomic E-state index is 10.7. The minimum Gasteiger partial charge on any atom is -0.478 e. The van der Waals surface area contributed by atoms with Crippen molar-refractivity contribution in [2.75, 3.05) is 6.54 Å². The molecule has 1 saturated carbocycles. The molecule has 0 aliphatic heterocycles. The van der Waals surface area contributed by atoms with E-state index < -0.39 is 5.97 Å². The molecule has 0 unspecified atom stereocenters. The number of hydrogen-bond acceptors (Lipinski definition) is 2. The Balaban J connectivity index is 2.39. The number of nitrogens with one attached hydrogen (secondary N) is 1. The molecule has 0 aromatic heterocycles. The summed E-state index contributed by atoms with van der Waals surface area (Å²) in [6.45, 7) is 4.75. The van der Waals surface area contributed by atoms with Crippen LogP contribution >= 0.6 is 0 Å². The van der Waals surface area contributed by atoms with Crippen molar-refractivity contribution in [3.8, 4) is 0 Å². The van der Waals surface area contributed by atoms with E-state index in [-0.39, 0.29) is 0 Å². The molecule has 0 saturated heterocycles. The maximum Gasteiger partial charge on any atom is 0.331 e. The number of carboxylic acid groups (broad SMARTS) is 1. The van der Waals surface area contributed by atoms with Gasteiger partial charge in [0.05, 0.1) is 0 Å². The largest absolute Gasteiger partial charge is 0.478 e. The van der Waals surface area contributed by atoms with E-state index in [0.29, 0.717) is 24.1 Å². The first-order chi connectivity index (χ1) is 7.13. The predicted molar refractivity (Wildman–Crippen MR) is 60.9 cm³/mol. The Hall–Kier alpha value is -0.830. The summed E-state index contributed by atoms with van der Waals surface area (Å²) in [5.74, 6) is -0.793. The molecule has 1 aliphatic carbocycles. The first-order valence-electron chi connectivity index (χ1n) is 5.81. The SMILES string of the molecule is CCC(=CCNC1(CC)CCC1)C(=O)O. The summed E-state index contributed by atoms with van der Waals surface area (Å²) < 4.78 is 0. The first kappa shape index (κ1) is 12.2. The number of hydrogen-bond donors (Lipinski definition) is 2. The fraction of sp³-hybridized carbons (Fsp3) is 0.750. The Morgan fingerprint density at radius 2 is 2.13 bits per heavy atom. The molecule has 0 heterocycles. The van der Waals surface area contributed by atoms with Gasteiger partial charge in [-0.3, -0.25) is 0 Å². The number of carboxylic acids is 1. The first-order valence-corrected chi connectivity index (χ1v) is 5.81. The minimum absolute atomic E-state index is 0.299. The van der Waals surface area contributed by atoms with Crippen molar-refractivity contribution in [2.45, 2.75) is 51.5 Å². The van der Waals surface area contributed by atoms with E-state index in [0.717, 1.165) is 6.42 Å². The van der Waals surface area contributed by atoms with Gasteiger partial charge < -0.3 is 10.4 Å². The summed E-state index contributed by atoms with van der Waals surface area (Å²) in [4.78, 5) is 10.7. The van der Waals surface area contributed by atoms with E-state index in [1.165, 1.54) is 19.3 Å². The van der Waals surface area contributed by atoms with Crippen LogP contribution in [-0.4, -0.2) is 23.2 Å². The van der Waals surface area contributed by atoms with Gasteiger partial charge in [-0.2, -0.15) is 0 Å². The van der Waals surface area contributed by atoms with Crippen LogP contribution in [0.25, 0.3) is 0 Å². The van der Waals surface area contributed by atoms with E-state index in [1.807, 2.05) is 6.92 Å². The molecule has 1 aliphatic rings. The maximum atomic E-state index is 10.7. The Morgan fingerprint density at radius 1 is 1.47 bits per heavy atom. The Labute approximate surface area is 91.6 Å². The second-order valence-electron chi connectivity index (χ2n) is 4.26. The highest BCUT2D eigenvalue weighted by Crippen LogP contribution is 2.34. The van der Waals surface area contributed by atoms with Gasteiger partial charge in [0.2, 0.25) is 0 Å². The topological polar surface area (TPSA) is 49.3 Å². The van der Waals surface area contributed by atoms with Crippen molar-refractivity contribution in [1.29, 1.82) is 0 Å². The van der Waals surface area contributed by atoms with Crippen LogP contribution in [0.15, 0.2) is 11.6 Å². The molecular weight excluding hydrogens is 190 g/mol. The zero-order valence-corrected chi connectivity index (χ0v) is 9.68. The van der Waals surface area contributed by atoms with Crippen LogP contribution < -0.4 is 5.32 Å². The van der Waals surface area contributed by atoms with Crippen molar-refractivity contribution in [3.05, 3.63) is 11.6 Å². The molecule has 1 fully saturated rings. The van der Waals surface area contributed by atoms with Crippen molar-refractivity contribution < 1.29 is 9.90 Å². The molecule has 3 nitrogen and oxygen atoms in total. The Kier molecular flexibility index (Phi) is 4.33. The molecule has 1 rings (SSSR count). The van der Waals surface area contributed by atoms with Crippen LogP contribution in [0, 0.1) is 0 Å². The summed E-state index contributed by atoms with van der Waals surface area (Å²) >= 11 is 0. The molecule has 2 N–H and O–H groups in total. The van der Waals surface area contributed by atoms with Crippen molar-refractivity contribution in [3.63, 3.8) is 0 Å². The second kappa shape index (κ2) is 5.31. The summed E-state index contributed by atoms with van der Waals surface area (Å²) in [7, 11) is 0. The van der Waals surface area contributed by atoms with E-state index in [1.54, 1.807) is 6.08 Å². The third-order valence-electron chi connectivity index (χ3n) is 3.47. The number of rotatable bonds is 6. The fourth-order valence-corrected chi connectivity index (χ4v) is 2.03. The van der Waals surface area contributed by atoms with Gasteiger partial charge in [0.15, 0.2) is 0 Å². The zero-order valence-electron chi connectivity index (χ0n) is 9.68. The van der Waals surface area contributed by atoms with E-state index in [2.05, 4.69) is 12.2 Å². The number of carbonyl (C=O) groups is 1. The van der Waals surface area contributed by atoms with Gasteiger partial charge in [0.1, 0.15) is 0 Å². The highest BCUT2D eigenvalue weighted by atomic mass is 16.4. The van der Waals surface area contributed by atoms with E-state index in [9.17, 15) is 4.79 Å². The Bertz CT molecular complexity index is 249. The minimum atomic E-state index is -0.793. The summed E-state index contributed by atoms with van der Waals surface area (Å²) in [6, 6.07) is 0. The van der Waals surface area contributed by atoms with Crippen molar-refractivity contribution >= 4 is 5.97 Å². The lowest BCUT2D eigenvalue weighted by Gasteiger charge is -2.42. The number of aliphatic carboxylic acids is 1. The van der Waals surface area contributed by atoms with Crippen LogP contribution in [0.2, 0.25) is 0 Å². The van der Waals surface area contributed by atoms with Gasteiger partial charge >= 0.3 is 5.97 Å². The fourth-order valence-electron chi connectivity index (χ4n) is 2.03.